The molecule has 4 nitrogen and oxygen atoms in total. The van der Waals surface area contributed by atoms with Crippen molar-refractivity contribution in [2.45, 2.75) is 29.7 Å². The first-order chi connectivity index (χ1) is 15.3. The van der Waals surface area contributed by atoms with E-state index >= 15 is 0 Å². The molecule has 1 aliphatic heterocycles. The van der Waals surface area contributed by atoms with Gasteiger partial charge in [-0.3, -0.25) is 4.79 Å². The maximum absolute atomic E-state index is 14.8. The van der Waals surface area contributed by atoms with Crippen molar-refractivity contribution >= 4 is 64.2 Å². The van der Waals surface area contributed by atoms with Gasteiger partial charge in [-0.15, -0.1) is 0 Å². The molecule has 1 spiro atoms. The molecule has 0 unspecified atom stereocenters. The molecule has 2 aliphatic rings. The molecule has 0 radical (unpaired) electrons. The van der Waals surface area contributed by atoms with Crippen molar-refractivity contribution in [1.29, 1.82) is 0 Å². The van der Waals surface area contributed by atoms with Gasteiger partial charge in [0, 0.05) is 16.3 Å². The van der Waals surface area contributed by atoms with Crippen molar-refractivity contribution in [1.82, 2.24) is 4.98 Å². The number of anilines is 2. The summed E-state index contributed by atoms with van der Waals surface area (Å²) < 4.78 is 30.8. The second-order valence-corrected chi connectivity index (χ2v) is 9.69. The van der Waals surface area contributed by atoms with E-state index in [1.807, 2.05) is 0 Å². The van der Waals surface area contributed by atoms with Crippen LogP contribution < -0.4 is 9.62 Å². The highest BCUT2D eigenvalue weighted by molar-refractivity contribution is 8.00. The standard InChI is InChI=1S/C22H14Cl3F2N3OS/c23-12-4-5-15-19(20(12)25)22(6-7-22)21(31)30(15)10-11-8-14(26)16(9-13(11)24)32-29-18-3-1-2-17(27)28-18/h1-5,8-9H,6-7,10H2,(H,28,29). The Hall–Kier alpha value is -2.06. The number of pyridine rings is 1. The molecule has 1 amide bonds. The molecule has 2 aromatic carbocycles. The Morgan fingerprint density at radius 1 is 1.09 bits per heavy atom. The number of benzene rings is 2. The highest BCUT2D eigenvalue weighted by Gasteiger charge is 2.60. The van der Waals surface area contributed by atoms with E-state index in [0.29, 0.717) is 39.2 Å². The summed E-state index contributed by atoms with van der Waals surface area (Å²) in [6.07, 6.45) is 1.40. The van der Waals surface area contributed by atoms with Gasteiger partial charge in [-0.1, -0.05) is 40.9 Å². The Morgan fingerprint density at radius 2 is 1.88 bits per heavy atom. The Labute approximate surface area is 202 Å². The number of hydrogen-bond donors (Lipinski definition) is 1. The number of rotatable bonds is 5. The summed E-state index contributed by atoms with van der Waals surface area (Å²) in [5.41, 5.74) is 1.24. The van der Waals surface area contributed by atoms with Crippen LogP contribution in [0.2, 0.25) is 15.1 Å². The molecule has 0 saturated heterocycles. The molecule has 5 rings (SSSR count). The first-order valence-corrected chi connectivity index (χ1v) is 11.6. The lowest BCUT2D eigenvalue weighted by atomic mass is 9.98. The van der Waals surface area contributed by atoms with Crippen LogP contribution in [0.5, 0.6) is 0 Å². The fraction of sp³-hybridized carbons (Fsp3) is 0.182. The van der Waals surface area contributed by atoms with Crippen LogP contribution in [0.1, 0.15) is 24.0 Å². The number of halogens is 5. The molecule has 2 heterocycles. The summed E-state index contributed by atoms with van der Waals surface area (Å²) in [6, 6.07) is 10.4. The SMILES string of the molecule is O=C1N(Cc2cc(F)c(SNc3cccc(F)n3)cc2Cl)c2ccc(Cl)c(Cl)c2C12CC2. The van der Waals surface area contributed by atoms with E-state index < -0.39 is 17.2 Å². The number of carbonyl (C=O) groups excluding carboxylic acids is 1. The highest BCUT2D eigenvalue weighted by atomic mass is 35.5. The summed E-state index contributed by atoms with van der Waals surface area (Å²) in [4.78, 5) is 18.7. The van der Waals surface area contributed by atoms with Crippen LogP contribution in [-0.4, -0.2) is 10.9 Å². The Kier molecular flexibility index (Phi) is 5.48. The maximum atomic E-state index is 14.8. The predicted octanol–water partition coefficient (Wildman–Crippen LogP) is 7.02. The van der Waals surface area contributed by atoms with Crippen molar-refractivity contribution in [3.63, 3.8) is 0 Å². The number of nitrogens with one attached hydrogen (secondary N) is 1. The minimum atomic E-state index is -0.644. The molecule has 1 N–H and O–H groups in total. The number of fused-ring (bicyclic) bond motifs is 2. The summed E-state index contributed by atoms with van der Waals surface area (Å²) in [5.74, 6) is -1.00. The van der Waals surface area contributed by atoms with Gasteiger partial charge in [0.1, 0.15) is 11.6 Å². The van der Waals surface area contributed by atoms with E-state index in [-0.39, 0.29) is 23.2 Å². The van der Waals surface area contributed by atoms with Crippen LogP contribution in [0, 0.1) is 11.8 Å². The van der Waals surface area contributed by atoms with E-state index in [4.69, 9.17) is 34.8 Å². The quantitative estimate of drug-likeness (QED) is 0.295. The molecular formula is C22H14Cl3F2N3OS. The van der Waals surface area contributed by atoms with Crippen molar-refractivity contribution in [2.75, 3.05) is 9.62 Å². The molecule has 0 bridgehead atoms. The predicted molar refractivity (Wildman–Crippen MR) is 124 cm³/mol. The zero-order chi connectivity index (χ0) is 22.6. The third kappa shape index (κ3) is 3.61. The average Bonchev–Trinajstić information content (AvgIpc) is 3.52. The van der Waals surface area contributed by atoms with E-state index in [0.717, 1.165) is 17.5 Å². The number of aromatic nitrogens is 1. The second kappa shape index (κ2) is 8.06. The van der Waals surface area contributed by atoms with Gasteiger partial charge < -0.3 is 9.62 Å². The van der Waals surface area contributed by atoms with Gasteiger partial charge in [-0.25, -0.2) is 9.37 Å². The third-order valence-electron chi connectivity index (χ3n) is 5.66. The number of amides is 1. The maximum Gasteiger partial charge on any atom is 0.238 e. The summed E-state index contributed by atoms with van der Waals surface area (Å²) in [5, 5.41) is 1.09. The fourth-order valence-corrected chi connectivity index (χ4v) is 5.40. The molecule has 0 atom stereocenters. The Bertz CT molecular complexity index is 1270. The molecule has 3 aromatic rings. The van der Waals surface area contributed by atoms with Gasteiger partial charge in [0.2, 0.25) is 11.9 Å². The normalized spacial score (nSPS) is 15.9. The fourth-order valence-electron chi connectivity index (χ4n) is 3.95. The van der Waals surface area contributed by atoms with Crippen LogP contribution in [-0.2, 0) is 16.8 Å². The van der Waals surface area contributed by atoms with Crippen LogP contribution in [0.3, 0.4) is 0 Å². The van der Waals surface area contributed by atoms with Gasteiger partial charge in [0.25, 0.3) is 0 Å². The highest BCUT2D eigenvalue weighted by Crippen LogP contribution is 2.60. The number of nitrogens with zero attached hydrogens (tertiary/aromatic N) is 2. The van der Waals surface area contributed by atoms with Crippen LogP contribution in [0.25, 0.3) is 0 Å². The topological polar surface area (TPSA) is 45.2 Å². The minimum Gasteiger partial charge on any atom is -0.310 e. The first-order valence-electron chi connectivity index (χ1n) is 9.64. The molecule has 1 saturated carbocycles. The van der Waals surface area contributed by atoms with E-state index in [2.05, 4.69) is 9.71 Å². The smallest absolute Gasteiger partial charge is 0.238 e. The molecule has 1 aromatic heterocycles. The van der Waals surface area contributed by atoms with Gasteiger partial charge in [0.15, 0.2) is 0 Å². The summed E-state index contributed by atoms with van der Waals surface area (Å²) in [7, 11) is 0. The molecular weight excluding hydrogens is 499 g/mol. The van der Waals surface area contributed by atoms with Gasteiger partial charge in [0.05, 0.1) is 26.9 Å². The third-order valence-corrected chi connectivity index (χ3v) is 7.66. The van der Waals surface area contributed by atoms with Crippen molar-refractivity contribution in [2.24, 2.45) is 0 Å². The molecule has 1 aliphatic carbocycles. The van der Waals surface area contributed by atoms with Gasteiger partial charge in [-0.05, 0) is 66.8 Å². The average molecular weight is 513 g/mol. The van der Waals surface area contributed by atoms with Crippen LogP contribution in [0.4, 0.5) is 20.3 Å². The number of carbonyl (C=O) groups is 1. The van der Waals surface area contributed by atoms with E-state index in [9.17, 15) is 13.6 Å². The zero-order valence-corrected chi connectivity index (χ0v) is 19.3. The van der Waals surface area contributed by atoms with Gasteiger partial charge >= 0.3 is 0 Å². The zero-order valence-electron chi connectivity index (χ0n) is 16.3. The van der Waals surface area contributed by atoms with Crippen LogP contribution in [0.15, 0.2) is 47.4 Å². The number of hydrogen-bond acceptors (Lipinski definition) is 4. The van der Waals surface area contributed by atoms with Crippen LogP contribution >= 0.6 is 46.8 Å². The van der Waals surface area contributed by atoms with Crippen molar-refractivity contribution in [3.8, 4) is 0 Å². The lowest BCUT2D eigenvalue weighted by Gasteiger charge is -2.19. The van der Waals surface area contributed by atoms with Crippen molar-refractivity contribution in [3.05, 3.63) is 80.4 Å². The Balaban J connectivity index is 1.40. The van der Waals surface area contributed by atoms with Crippen molar-refractivity contribution < 1.29 is 13.6 Å². The van der Waals surface area contributed by atoms with Gasteiger partial charge in [-0.2, -0.15) is 4.39 Å². The molecule has 10 heteroatoms. The molecule has 1 fully saturated rings. The lowest BCUT2D eigenvalue weighted by molar-refractivity contribution is -0.120. The summed E-state index contributed by atoms with van der Waals surface area (Å²) in [6.45, 7) is 0.102. The van der Waals surface area contributed by atoms with E-state index in [1.54, 1.807) is 23.1 Å². The van der Waals surface area contributed by atoms with E-state index in [1.165, 1.54) is 24.3 Å². The lowest BCUT2D eigenvalue weighted by Crippen LogP contribution is -2.31. The Morgan fingerprint density at radius 3 is 2.59 bits per heavy atom. The summed E-state index contributed by atoms with van der Waals surface area (Å²) >= 11 is 20.0. The minimum absolute atomic E-state index is 0.0783. The molecule has 164 valence electrons. The first kappa shape index (κ1) is 21.8. The monoisotopic (exact) mass is 511 g/mol. The largest absolute Gasteiger partial charge is 0.310 e. The second-order valence-electron chi connectivity index (χ2n) is 7.65. The molecule has 32 heavy (non-hydrogen) atoms.